The molecule has 0 bridgehead atoms. The van der Waals surface area contributed by atoms with E-state index in [0.717, 1.165) is 88.1 Å². The number of nitro benzene ring substituents is 1. The quantitative estimate of drug-likeness (QED) is 0.135. The lowest BCUT2D eigenvalue weighted by atomic mass is 9.98. The fourth-order valence-electron chi connectivity index (χ4n) is 7.21. The summed E-state index contributed by atoms with van der Waals surface area (Å²) in [6.45, 7) is 14.3. The topological polar surface area (TPSA) is 128 Å². The van der Waals surface area contributed by atoms with Crippen molar-refractivity contribution in [3.63, 3.8) is 0 Å². The number of anilines is 6. The normalized spacial score (nSPS) is 20.7. The van der Waals surface area contributed by atoms with Gasteiger partial charge in [-0.05, 0) is 108 Å². The third-order valence-corrected chi connectivity index (χ3v) is 10.5. The molecule has 12 nitrogen and oxygen atoms in total. The summed E-state index contributed by atoms with van der Waals surface area (Å²) in [6.07, 6.45) is 10.4. The molecule has 0 aliphatic carbocycles. The van der Waals surface area contributed by atoms with Gasteiger partial charge in [0.1, 0.15) is 5.69 Å². The summed E-state index contributed by atoms with van der Waals surface area (Å²) in [7, 11) is 0. The summed E-state index contributed by atoms with van der Waals surface area (Å²) in [4.78, 5) is 33.3. The van der Waals surface area contributed by atoms with Gasteiger partial charge in [-0.2, -0.15) is 20.1 Å². The number of nitrogens with one attached hydrogen (secondary N) is 2. The molecular formula is C36H50N10O2. The lowest BCUT2D eigenvalue weighted by Crippen LogP contribution is -2.40. The predicted octanol–water partition coefficient (Wildman–Crippen LogP) is 7.58. The van der Waals surface area contributed by atoms with E-state index in [1.165, 1.54) is 12.0 Å². The van der Waals surface area contributed by atoms with Crippen LogP contribution < -0.4 is 25.4 Å². The molecule has 12 heteroatoms. The first-order valence-corrected chi connectivity index (χ1v) is 17.7. The van der Waals surface area contributed by atoms with E-state index in [0.29, 0.717) is 41.1 Å². The van der Waals surface area contributed by atoms with Crippen molar-refractivity contribution in [3.8, 4) is 0 Å². The monoisotopic (exact) mass is 654 g/mol. The zero-order valence-electron chi connectivity index (χ0n) is 29.1. The van der Waals surface area contributed by atoms with E-state index in [9.17, 15) is 10.1 Å². The maximum Gasteiger partial charge on any atom is 0.293 e. The molecule has 3 aliphatic rings. The molecule has 2 aromatic carbocycles. The summed E-state index contributed by atoms with van der Waals surface area (Å²) in [5.74, 6) is 2.01. The molecule has 3 fully saturated rings. The number of nitro groups is 1. The van der Waals surface area contributed by atoms with Crippen molar-refractivity contribution in [1.29, 1.82) is 0 Å². The Morgan fingerprint density at radius 3 is 2.19 bits per heavy atom. The Morgan fingerprint density at radius 2 is 1.52 bits per heavy atom. The fourth-order valence-corrected chi connectivity index (χ4v) is 7.21. The molecule has 2 N–H and O–H groups in total. The number of nitrogens with zero attached hydrogens (tertiary/aromatic N) is 8. The third kappa shape index (κ3) is 7.47. The Kier molecular flexibility index (Phi) is 10.3. The van der Waals surface area contributed by atoms with Gasteiger partial charge in [0, 0.05) is 61.3 Å². The van der Waals surface area contributed by atoms with Crippen LogP contribution in [0, 0.1) is 29.9 Å². The van der Waals surface area contributed by atoms with Gasteiger partial charge in [-0.1, -0.05) is 19.1 Å². The molecule has 48 heavy (non-hydrogen) atoms. The first-order chi connectivity index (χ1) is 23.2. The molecule has 1 aromatic heterocycles. The standard InChI is InChI=1S/C36H50N10O2/c1-24-15-19-43(20-16-24)36-40-34(38-30-14-10-11-25(2)28(30)5)39-35(41-36)42-37-23-29-21-33(46(47)48)32(45-18-9-7-13-27(45)4)22-31(29)44-17-8-6-12-26(44)3/h10-11,14,21-24,26-27H,6-9,12-13,15-20H2,1-5H3,(H2,38,39,40,41,42)/b37-23-/t26-,27-/m1/s1. The van der Waals surface area contributed by atoms with Crippen LogP contribution in [-0.2, 0) is 0 Å². The van der Waals surface area contributed by atoms with Gasteiger partial charge in [0.2, 0.25) is 17.8 Å². The lowest BCUT2D eigenvalue weighted by molar-refractivity contribution is -0.384. The molecule has 4 heterocycles. The summed E-state index contributed by atoms with van der Waals surface area (Å²) in [5.41, 5.74) is 8.77. The van der Waals surface area contributed by atoms with Crippen molar-refractivity contribution in [2.75, 3.05) is 51.6 Å². The van der Waals surface area contributed by atoms with Gasteiger partial charge in [0.05, 0.1) is 11.1 Å². The average molecular weight is 655 g/mol. The van der Waals surface area contributed by atoms with E-state index in [1.807, 2.05) is 18.2 Å². The van der Waals surface area contributed by atoms with E-state index >= 15 is 0 Å². The van der Waals surface area contributed by atoms with E-state index in [4.69, 9.17) is 9.97 Å². The van der Waals surface area contributed by atoms with Crippen LogP contribution in [0.1, 0.15) is 88.8 Å². The fraction of sp³-hybridized carbons (Fsp3) is 0.556. The lowest BCUT2D eigenvalue weighted by Gasteiger charge is -2.39. The van der Waals surface area contributed by atoms with Crippen LogP contribution in [0.25, 0.3) is 0 Å². The van der Waals surface area contributed by atoms with Crippen molar-refractivity contribution in [1.82, 2.24) is 15.0 Å². The van der Waals surface area contributed by atoms with E-state index in [-0.39, 0.29) is 16.7 Å². The molecule has 6 rings (SSSR count). The van der Waals surface area contributed by atoms with Gasteiger partial charge in [-0.3, -0.25) is 10.1 Å². The van der Waals surface area contributed by atoms with Crippen molar-refractivity contribution in [3.05, 3.63) is 57.1 Å². The van der Waals surface area contributed by atoms with E-state index < -0.39 is 0 Å². The zero-order chi connectivity index (χ0) is 33.8. The SMILES string of the molecule is Cc1cccc(Nc2nc(N/N=C\c3cc([N+](=O)[O-])c(N4CCCC[C@H]4C)cc3N3CCCC[C@H]3C)nc(N3CCC(C)CC3)n2)c1C. The third-order valence-electron chi connectivity index (χ3n) is 10.5. The smallest absolute Gasteiger partial charge is 0.293 e. The van der Waals surface area contributed by atoms with Crippen LogP contribution in [0.15, 0.2) is 35.4 Å². The molecule has 256 valence electrons. The average Bonchev–Trinajstić information content (AvgIpc) is 3.07. The molecule has 3 aromatic rings. The second-order valence-electron chi connectivity index (χ2n) is 13.9. The van der Waals surface area contributed by atoms with Crippen molar-refractivity contribution in [2.24, 2.45) is 11.0 Å². The van der Waals surface area contributed by atoms with E-state index in [2.05, 4.69) is 76.2 Å². The molecule has 2 atom stereocenters. The van der Waals surface area contributed by atoms with Crippen molar-refractivity contribution < 1.29 is 4.92 Å². The van der Waals surface area contributed by atoms with Crippen LogP contribution in [0.2, 0.25) is 0 Å². The Labute approximate surface area is 284 Å². The molecule has 0 saturated carbocycles. The second-order valence-corrected chi connectivity index (χ2v) is 13.9. The highest BCUT2D eigenvalue weighted by atomic mass is 16.6. The Morgan fingerprint density at radius 1 is 0.854 bits per heavy atom. The highest BCUT2D eigenvalue weighted by Gasteiger charge is 2.30. The number of hydrogen-bond acceptors (Lipinski definition) is 11. The van der Waals surface area contributed by atoms with Gasteiger partial charge < -0.3 is 20.0 Å². The predicted molar refractivity (Wildman–Crippen MR) is 195 cm³/mol. The minimum absolute atomic E-state index is 0.111. The number of piperidine rings is 3. The maximum absolute atomic E-state index is 12.5. The summed E-state index contributed by atoms with van der Waals surface area (Å²) < 4.78 is 0. The Hall–Kier alpha value is -4.48. The summed E-state index contributed by atoms with van der Waals surface area (Å²) in [6, 6.07) is 10.4. The zero-order valence-corrected chi connectivity index (χ0v) is 29.1. The van der Waals surface area contributed by atoms with Crippen molar-refractivity contribution >= 4 is 46.8 Å². The Balaban J connectivity index is 1.35. The van der Waals surface area contributed by atoms with E-state index in [1.54, 1.807) is 12.3 Å². The Bertz CT molecular complexity index is 1640. The second kappa shape index (κ2) is 14.7. The minimum atomic E-state index is -0.256. The van der Waals surface area contributed by atoms with Crippen LogP contribution >= 0.6 is 0 Å². The largest absolute Gasteiger partial charge is 0.368 e. The summed E-state index contributed by atoms with van der Waals surface area (Å²) >= 11 is 0. The van der Waals surface area contributed by atoms with Gasteiger partial charge >= 0.3 is 0 Å². The van der Waals surface area contributed by atoms with Gasteiger partial charge in [0.25, 0.3) is 5.69 Å². The number of benzene rings is 2. The number of rotatable bonds is 9. The first kappa shape index (κ1) is 33.4. The van der Waals surface area contributed by atoms with Crippen LogP contribution in [0.3, 0.4) is 0 Å². The highest BCUT2D eigenvalue weighted by molar-refractivity contribution is 5.92. The van der Waals surface area contributed by atoms with Crippen molar-refractivity contribution in [2.45, 2.75) is 98.1 Å². The van der Waals surface area contributed by atoms with Crippen LogP contribution in [0.5, 0.6) is 0 Å². The number of aromatic nitrogens is 3. The van der Waals surface area contributed by atoms with Gasteiger partial charge in [0.15, 0.2) is 0 Å². The summed E-state index contributed by atoms with van der Waals surface area (Å²) in [5, 5.41) is 20.5. The molecular weight excluding hydrogens is 604 g/mol. The number of aryl methyl sites for hydroxylation is 1. The van der Waals surface area contributed by atoms with Gasteiger partial charge in [-0.15, -0.1) is 0 Å². The van der Waals surface area contributed by atoms with Crippen LogP contribution in [-0.4, -0.2) is 64.4 Å². The number of hydrogen-bond donors (Lipinski definition) is 2. The molecule has 0 spiro atoms. The highest BCUT2D eigenvalue weighted by Crippen LogP contribution is 2.40. The molecule has 3 aliphatic heterocycles. The molecule has 3 saturated heterocycles. The molecule has 0 amide bonds. The molecule has 0 radical (unpaired) electrons. The molecule has 0 unspecified atom stereocenters. The maximum atomic E-state index is 12.5. The first-order valence-electron chi connectivity index (χ1n) is 17.7. The minimum Gasteiger partial charge on any atom is -0.368 e. The van der Waals surface area contributed by atoms with Gasteiger partial charge in [-0.25, -0.2) is 5.43 Å². The van der Waals surface area contributed by atoms with Crippen LogP contribution in [0.4, 0.5) is 40.6 Å². The number of hydrazone groups is 1.